The van der Waals surface area contributed by atoms with Crippen molar-refractivity contribution in [1.82, 2.24) is 4.98 Å². The highest BCUT2D eigenvalue weighted by molar-refractivity contribution is 8.02. The first-order chi connectivity index (χ1) is 7.90. The van der Waals surface area contributed by atoms with Crippen molar-refractivity contribution < 1.29 is 9.53 Å². The van der Waals surface area contributed by atoms with E-state index in [1.165, 1.54) is 0 Å². The van der Waals surface area contributed by atoms with E-state index in [4.69, 9.17) is 4.74 Å². The number of pyridine rings is 1. The number of rotatable bonds is 3. The van der Waals surface area contributed by atoms with E-state index in [0.29, 0.717) is 5.69 Å². The number of carbonyl (C=O) groups excluding carboxylic acids is 1. The minimum Gasteiger partial charge on any atom is -0.444 e. The maximum Gasteiger partial charge on any atom is 0.412 e. The molecule has 0 spiro atoms. The van der Waals surface area contributed by atoms with Crippen LogP contribution in [0, 0.1) is 0 Å². The molecule has 0 aliphatic carbocycles. The van der Waals surface area contributed by atoms with Gasteiger partial charge in [0.25, 0.3) is 0 Å². The Labute approximate surface area is 106 Å². The van der Waals surface area contributed by atoms with Crippen LogP contribution in [-0.2, 0) is 10.9 Å². The van der Waals surface area contributed by atoms with Gasteiger partial charge in [-0.3, -0.25) is 10.3 Å². The third kappa shape index (κ3) is 5.95. The maximum atomic E-state index is 11.5. The number of nitrogens with one attached hydrogen (secondary N) is 1. The van der Waals surface area contributed by atoms with Crippen LogP contribution in [0.1, 0.15) is 26.5 Å². The fraction of sp³-hybridized carbons (Fsp3) is 0.455. The van der Waals surface area contributed by atoms with Crippen LogP contribution in [-0.4, -0.2) is 16.7 Å². The average molecular weight is 272 g/mol. The standard InChI is InChI=1S/C11H18N2O2P2/c1-11(2,3)15-10(14)13-8-4-5-9(7-17-16)12-6-8/h4-6,17H,7,16H2,1-3H3,(H,13,14). The highest BCUT2D eigenvalue weighted by Gasteiger charge is 2.16. The zero-order valence-electron chi connectivity index (χ0n) is 10.3. The van der Waals surface area contributed by atoms with Crippen molar-refractivity contribution in [3.63, 3.8) is 0 Å². The van der Waals surface area contributed by atoms with Crippen LogP contribution in [0.4, 0.5) is 10.5 Å². The summed E-state index contributed by atoms with van der Waals surface area (Å²) in [4.78, 5) is 15.7. The Kier molecular flexibility index (Phi) is 5.30. The lowest BCUT2D eigenvalue weighted by atomic mass is 10.2. The summed E-state index contributed by atoms with van der Waals surface area (Å²) in [6.45, 7) is 5.48. The molecule has 1 aromatic rings. The number of hydrogen-bond acceptors (Lipinski definition) is 3. The largest absolute Gasteiger partial charge is 0.444 e. The topological polar surface area (TPSA) is 51.2 Å². The van der Waals surface area contributed by atoms with Crippen molar-refractivity contribution >= 4 is 29.0 Å². The lowest BCUT2D eigenvalue weighted by Crippen LogP contribution is -2.27. The molecule has 1 aromatic heterocycles. The van der Waals surface area contributed by atoms with Gasteiger partial charge in [0.2, 0.25) is 0 Å². The molecular weight excluding hydrogens is 254 g/mol. The Balaban J connectivity index is 2.54. The normalized spacial score (nSPS) is 11.8. The molecule has 2 unspecified atom stereocenters. The monoisotopic (exact) mass is 272 g/mol. The van der Waals surface area contributed by atoms with Crippen molar-refractivity contribution in [2.45, 2.75) is 32.5 Å². The number of ether oxygens (including phenoxy) is 1. The summed E-state index contributed by atoms with van der Waals surface area (Å²) >= 11 is 0. The molecule has 17 heavy (non-hydrogen) atoms. The van der Waals surface area contributed by atoms with Crippen LogP contribution in [0.2, 0.25) is 0 Å². The van der Waals surface area contributed by atoms with Gasteiger partial charge in [-0.15, -0.1) is 8.93 Å². The van der Waals surface area contributed by atoms with Gasteiger partial charge >= 0.3 is 6.09 Å². The minimum absolute atomic E-state index is 0.458. The van der Waals surface area contributed by atoms with Gasteiger partial charge in [-0.25, -0.2) is 4.79 Å². The molecule has 94 valence electrons. The number of anilines is 1. The van der Waals surface area contributed by atoms with Gasteiger partial charge in [0, 0.05) is 11.9 Å². The van der Waals surface area contributed by atoms with Gasteiger partial charge in [-0.1, -0.05) is 8.27 Å². The molecule has 0 bridgehead atoms. The van der Waals surface area contributed by atoms with Gasteiger partial charge < -0.3 is 4.74 Å². The number of nitrogens with zero attached hydrogens (tertiary/aromatic N) is 1. The summed E-state index contributed by atoms with van der Waals surface area (Å²) in [6.07, 6.45) is 2.13. The zero-order valence-corrected chi connectivity index (χ0v) is 12.4. The summed E-state index contributed by atoms with van der Waals surface area (Å²) in [7, 11) is 3.45. The molecule has 1 rings (SSSR count). The van der Waals surface area contributed by atoms with E-state index in [9.17, 15) is 4.79 Å². The molecule has 0 aromatic carbocycles. The Morgan fingerprint density at radius 1 is 1.53 bits per heavy atom. The Hall–Kier alpha value is -0.720. The molecule has 0 aliphatic rings. The molecule has 1 N–H and O–H groups in total. The Morgan fingerprint density at radius 3 is 2.71 bits per heavy atom. The number of aromatic nitrogens is 1. The molecule has 0 saturated carbocycles. The van der Waals surface area contributed by atoms with Crippen molar-refractivity contribution in [2.24, 2.45) is 0 Å². The minimum atomic E-state index is -0.488. The first-order valence-electron chi connectivity index (χ1n) is 5.29. The molecule has 0 aliphatic heterocycles. The molecule has 0 saturated heterocycles. The van der Waals surface area contributed by atoms with E-state index in [2.05, 4.69) is 19.2 Å². The lowest BCUT2D eigenvalue weighted by Gasteiger charge is -2.19. The molecule has 4 nitrogen and oxygen atoms in total. The van der Waals surface area contributed by atoms with Crippen molar-refractivity contribution in [3.05, 3.63) is 24.0 Å². The van der Waals surface area contributed by atoms with E-state index in [0.717, 1.165) is 20.1 Å². The third-order valence-corrected chi connectivity index (χ3v) is 2.93. The fourth-order valence-electron chi connectivity index (χ4n) is 1.13. The molecule has 1 heterocycles. The second kappa shape index (κ2) is 6.28. The first kappa shape index (κ1) is 14.3. The highest BCUT2D eigenvalue weighted by Crippen LogP contribution is 2.25. The smallest absolute Gasteiger partial charge is 0.412 e. The Bertz CT molecular complexity index is 374. The summed E-state index contributed by atoms with van der Waals surface area (Å²) in [5.74, 6) is 0. The molecule has 6 heteroatoms. The fourth-order valence-corrected chi connectivity index (χ4v) is 2.17. The van der Waals surface area contributed by atoms with Gasteiger partial charge in [0.05, 0.1) is 11.9 Å². The number of amides is 1. The highest BCUT2D eigenvalue weighted by atomic mass is 32.0. The molecule has 2 atom stereocenters. The average Bonchev–Trinajstić information content (AvgIpc) is 2.18. The van der Waals surface area contributed by atoms with Crippen LogP contribution in [0.25, 0.3) is 0 Å². The van der Waals surface area contributed by atoms with Crippen molar-refractivity contribution in [1.29, 1.82) is 0 Å². The van der Waals surface area contributed by atoms with Crippen LogP contribution >= 0.6 is 17.2 Å². The van der Waals surface area contributed by atoms with Gasteiger partial charge in [0.1, 0.15) is 5.60 Å². The lowest BCUT2D eigenvalue weighted by molar-refractivity contribution is 0.0636. The predicted molar refractivity (Wildman–Crippen MR) is 75.8 cm³/mol. The quantitative estimate of drug-likeness (QED) is 0.858. The first-order valence-corrected chi connectivity index (χ1v) is 8.31. The third-order valence-electron chi connectivity index (χ3n) is 1.75. The second-order valence-corrected chi connectivity index (χ2v) is 6.53. The summed E-state index contributed by atoms with van der Waals surface area (Å²) < 4.78 is 5.14. The SMILES string of the molecule is CC(C)(C)OC(=O)Nc1ccc(CPP)nc1. The van der Waals surface area contributed by atoms with E-state index in [1.54, 1.807) is 6.20 Å². The second-order valence-electron chi connectivity index (χ2n) is 4.55. The van der Waals surface area contributed by atoms with E-state index < -0.39 is 11.7 Å². The van der Waals surface area contributed by atoms with E-state index >= 15 is 0 Å². The molecular formula is C11H18N2O2P2. The van der Waals surface area contributed by atoms with Crippen LogP contribution < -0.4 is 5.32 Å². The Morgan fingerprint density at radius 2 is 2.24 bits per heavy atom. The summed E-state index contributed by atoms with van der Waals surface area (Å²) in [6, 6.07) is 3.74. The van der Waals surface area contributed by atoms with Gasteiger partial charge in [-0.2, -0.15) is 0 Å². The molecule has 0 radical (unpaired) electrons. The maximum absolute atomic E-state index is 11.5. The van der Waals surface area contributed by atoms with Crippen molar-refractivity contribution in [3.8, 4) is 0 Å². The van der Waals surface area contributed by atoms with E-state index in [1.807, 2.05) is 32.9 Å². The predicted octanol–water partition coefficient (Wildman–Crippen LogP) is 3.40. The summed E-state index contributed by atoms with van der Waals surface area (Å²) in [5, 5.41) is 2.64. The number of hydrogen-bond donors (Lipinski definition) is 1. The van der Waals surface area contributed by atoms with Crippen molar-refractivity contribution in [2.75, 3.05) is 5.32 Å². The number of carbonyl (C=O) groups is 1. The summed E-state index contributed by atoms with van der Waals surface area (Å²) in [5.41, 5.74) is 1.18. The van der Waals surface area contributed by atoms with Crippen LogP contribution in [0.3, 0.4) is 0 Å². The molecule has 1 amide bonds. The zero-order chi connectivity index (χ0) is 12.9. The molecule has 0 fully saturated rings. The van der Waals surface area contributed by atoms with Crippen LogP contribution in [0.5, 0.6) is 0 Å². The van der Waals surface area contributed by atoms with E-state index in [-0.39, 0.29) is 0 Å². The van der Waals surface area contributed by atoms with Crippen LogP contribution in [0.15, 0.2) is 18.3 Å². The van der Waals surface area contributed by atoms with Gasteiger partial charge in [0.15, 0.2) is 0 Å². The van der Waals surface area contributed by atoms with Gasteiger partial charge in [-0.05, 0) is 32.9 Å².